The van der Waals surface area contributed by atoms with Crippen LogP contribution in [0.3, 0.4) is 0 Å². The number of morpholine rings is 1. The molecule has 0 aliphatic carbocycles. The molecule has 1 aromatic carbocycles. The zero-order valence-corrected chi connectivity index (χ0v) is 13.6. The lowest BCUT2D eigenvalue weighted by atomic mass is 10.0. The summed E-state index contributed by atoms with van der Waals surface area (Å²) in [5.74, 6) is 2.28. The Morgan fingerprint density at radius 3 is 2.70 bits per heavy atom. The molecule has 5 nitrogen and oxygen atoms in total. The number of hydrogen-bond acceptors (Lipinski definition) is 4. The quantitative estimate of drug-likeness (QED) is 0.862. The molecule has 2 aliphatic heterocycles. The molecule has 4 rings (SSSR count). The normalized spacial score (nSPS) is 18.3. The zero-order valence-electron chi connectivity index (χ0n) is 13.6. The van der Waals surface area contributed by atoms with E-state index >= 15 is 0 Å². The fourth-order valence-corrected chi connectivity index (χ4v) is 3.58. The number of rotatable bonds is 4. The standard InChI is InChI=1S/C18H24N4O/c1-2-5-16-14-22-17(6-3-9-21-10-12-23-13-11-21)19-20-18(22)8-7-15(16)4-1/h1-2,4-5H,3,6-14H2. The van der Waals surface area contributed by atoms with Gasteiger partial charge in [-0.05, 0) is 30.5 Å². The van der Waals surface area contributed by atoms with Gasteiger partial charge in [0.05, 0.1) is 19.8 Å². The van der Waals surface area contributed by atoms with Crippen molar-refractivity contribution in [1.29, 1.82) is 0 Å². The molecule has 3 heterocycles. The lowest BCUT2D eigenvalue weighted by Gasteiger charge is -2.26. The Bertz CT molecular complexity index is 661. The Morgan fingerprint density at radius 1 is 1.00 bits per heavy atom. The summed E-state index contributed by atoms with van der Waals surface area (Å²) in [6, 6.07) is 8.75. The van der Waals surface area contributed by atoms with Crippen LogP contribution in [0.4, 0.5) is 0 Å². The van der Waals surface area contributed by atoms with Gasteiger partial charge in [0.2, 0.25) is 0 Å². The predicted molar refractivity (Wildman–Crippen MR) is 88.6 cm³/mol. The minimum absolute atomic E-state index is 0.872. The van der Waals surface area contributed by atoms with Crippen molar-refractivity contribution in [1.82, 2.24) is 19.7 Å². The molecule has 2 aliphatic rings. The van der Waals surface area contributed by atoms with E-state index in [-0.39, 0.29) is 0 Å². The minimum Gasteiger partial charge on any atom is -0.379 e. The molecule has 122 valence electrons. The fourth-order valence-electron chi connectivity index (χ4n) is 3.58. The smallest absolute Gasteiger partial charge is 0.133 e. The monoisotopic (exact) mass is 312 g/mol. The minimum atomic E-state index is 0.872. The van der Waals surface area contributed by atoms with Crippen molar-refractivity contribution in [2.45, 2.75) is 32.2 Å². The maximum absolute atomic E-state index is 5.41. The first-order valence-electron chi connectivity index (χ1n) is 8.68. The highest BCUT2D eigenvalue weighted by atomic mass is 16.5. The lowest BCUT2D eigenvalue weighted by Crippen LogP contribution is -2.37. The highest BCUT2D eigenvalue weighted by Crippen LogP contribution is 2.20. The third-order valence-electron chi connectivity index (χ3n) is 4.95. The van der Waals surface area contributed by atoms with Gasteiger partial charge in [-0.15, -0.1) is 10.2 Å². The summed E-state index contributed by atoms with van der Waals surface area (Å²) in [5, 5.41) is 8.91. The molecule has 0 radical (unpaired) electrons. The molecule has 0 atom stereocenters. The third kappa shape index (κ3) is 3.31. The van der Waals surface area contributed by atoms with Gasteiger partial charge in [-0.1, -0.05) is 24.3 Å². The number of benzene rings is 1. The predicted octanol–water partition coefficient (Wildman–Crippen LogP) is 1.69. The largest absolute Gasteiger partial charge is 0.379 e. The molecule has 0 amide bonds. The van der Waals surface area contributed by atoms with E-state index in [2.05, 4.69) is 43.9 Å². The molecule has 5 heteroatoms. The maximum atomic E-state index is 5.41. The molecule has 1 saturated heterocycles. The molecule has 23 heavy (non-hydrogen) atoms. The van der Waals surface area contributed by atoms with Gasteiger partial charge in [0.15, 0.2) is 0 Å². The fraction of sp³-hybridized carbons (Fsp3) is 0.556. The van der Waals surface area contributed by atoms with Gasteiger partial charge < -0.3 is 9.30 Å². The number of aromatic nitrogens is 3. The number of fused-ring (bicyclic) bond motifs is 2. The first-order chi connectivity index (χ1) is 11.4. The van der Waals surface area contributed by atoms with E-state index in [4.69, 9.17) is 4.74 Å². The summed E-state index contributed by atoms with van der Waals surface area (Å²) in [5.41, 5.74) is 2.87. The summed E-state index contributed by atoms with van der Waals surface area (Å²) >= 11 is 0. The summed E-state index contributed by atoms with van der Waals surface area (Å²) in [6.07, 6.45) is 4.21. The molecular weight excluding hydrogens is 288 g/mol. The van der Waals surface area contributed by atoms with Crippen LogP contribution in [-0.2, 0) is 30.5 Å². The second-order valence-corrected chi connectivity index (χ2v) is 6.44. The van der Waals surface area contributed by atoms with Gasteiger partial charge in [0.25, 0.3) is 0 Å². The molecule has 0 N–H and O–H groups in total. The third-order valence-corrected chi connectivity index (χ3v) is 4.95. The summed E-state index contributed by atoms with van der Waals surface area (Å²) in [6.45, 7) is 5.92. The number of ether oxygens (including phenoxy) is 1. The number of hydrogen-bond donors (Lipinski definition) is 0. The van der Waals surface area contributed by atoms with Crippen molar-refractivity contribution in [3.05, 3.63) is 47.0 Å². The van der Waals surface area contributed by atoms with Crippen LogP contribution in [0, 0.1) is 0 Å². The molecule has 2 aromatic rings. The van der Waals surface area contributed by atoms with Gasteiger partial charge in [-0.25, -0.2) is 0 Å². The second-order valence-electron chi connectivity index (χ2n) is 6.44. The number of aryl methyl sites for hydroxylation is 3. The molecular formula is C18H24N4O. The molecule has 0 bridgehead atoms. The van der Waals surface area contributed by atoms with Gasteiger partial charge in [0.1, 0.15) is 11.6 Å². The highest BCUT2D eigenvalue weighted by Gasteiger charge is 2.18. The van der Waals surface area contributed by atoms with Gasteiger partial charge in [0, 0.05) is 25.9 Å². The van der Waals surface area contributed by atoms with E-state index in [0.29, 0.717) is 0 Å². The van der Waals surface area contributed by atoms with Crippen molar-refractivity contribution < 1.29 is 4.74 Å². The van der Waals surface area contributed by atoms with Crippen LogP contribution in [0.5, 0.6) is 0 Å². The zero-order chi connectivity index (χ0) is 15.5. The Hall–Kier alpha value is -1.72. The van der Waals surface area contributed by atoms with Crippen LogP contribution in [0.15, 0.2) is 24.3 Å². The summed E-state index contributed by atoms with van der Waals surface area (Å²) in [4.78, 5) is 2.48. The summed E-state index contributed by atoms with van der Waals surface area (Å²) in [7, 11) is 0. The van der Waals surface area contributed by atoms with Crippen molar-refractivity contribution in [3.8, 4) is 0 Å². The maximum Gasteiger partial charge on any atom is 0.133 e. The van der Waals surface area contributed by atoms with E-state index < -0.39 is 0 Å². The Balaban J connectivity index is 1.42. The van der Waals surface area contributed by atoms with Crippen LogP contribution in [0.1, 0.15) is 29.2 Å². The molecule has 0 unspecified atom stereocenters. The van der Waals surface area contributed by atoms with Crippen LogP contribution in [0.2, 0.25) is 0 Å². The van der Waals surface area contributed by atoms with Crippen molar-refractivity contribution >= 4 is 0 Å². The van der Waals surface area contributed by atoms with E-state index in [9.17, 15) is 0 Å². The first kappa shape index (κ1) is 14.8. The van der Waals surface area contributed by atoms with E-state index in [0.717, 1.165) is 76.7 Å². The molecule has 0 spiro atoms. The Kier molecular flexibility index (Phi) is 4.39. The van der Waals surface area contributed by atoms with Crippen molar-refractivity contribution in [3.63, 3.8) is 0 Å². The van der Waals surface area contributed by atoms with Crippen molar-refractivity contribution in [2.24, 2.45) is 0 Å². The lowest BCUT2D eigenvalue weighted by molar-refractivity contribution is 0.0374. The average Bonchev–Trinajstić information content (AvgIpc) is 2.87. The molecule has 1 fully saturated rings. The topological polar surface area (TPSA) is 43.2 Å². The van der Waals surface area contributed by atoms with Crippen LogP contribution >= 0.6 is 0 Å². The van der Waals surface area contributed by atoms with E-state index in [1.165, 1.54) is 11.1 Å². The Labute approximate surface area is 137 Å². The Morgan fingerprint density at radius 2 is 1.83 bits per heavy atom. The van der Waals surface area contributed by atoms with Gasteiger partial charge in [-0.2, -0.15) is 0 Å². The average molecular weight is 312 g/mol. The number of nitrogens with zero attached hydrogens (tertiary/aromatic N) is 4. The van der Waals surface area contributed by atoms with Gasteiger partial charge >= 0.3 is 0 Å². The van der Waals surface area contributed by atoms with Gasteiger partial charge in [-0.3, -0.25) is 4.90 Å². The SMILES string of the molecule is c1ccc2c(c1)CCc1nnc(CCCN3CCOCC3)n1C2. The van der Waals surface area contributed by atoms with Crippen molar-refractivity contribution in [2.75, 3.05) is 32.8 Å². The molecule has 1 aromatic heterocycles. The van der Waals surface area contributed by atoms with E-state index in [1.807, 2.05) is 0 Å². The van der Waals surface area contributed by atoms with Crippen LogP contribution < -0.4 is 0 Å². The summed E-state index contributed by atoms with van der Waals surface area (Å²) < 4.78 is 7.74. The van der Waals surface area contributed by atoms with Crippen LogP contribution in [-0.4, -0.2) is 52.5 Å². The second kappa shape index (κ2) is 6.81. The van der Waals surface area contributed by atoms with Crippen LogP contribution in [0.25, 0.3) is 0 Å². The highest BCUT2D eigenvalue weighted by molar-refractivity contribution is 5.30. The first-order valence-corrected chi connectivity index (χ1v) is 8.68. The molecule has 0 saturated carbocycles. The van der Waals surface area contributed by atoms with E-state index in [1.54, 1.807) is 0 Å².